The zero-order valence-electron chi connectivity index (χ0n) is 11.3. The van der Waals surface area contributed by atoms with Crippen LogP contribution in [-0.4, -0.2) is 34.5 Å². The molecule has 108 valence electrons. The van der Waals surface area contributed by atoms with Gasteiger partial charge in [0.25, 0.3) is 0 Å². The number of halogens is 1. The number of rotatable bonds is 4. The Kier molecular flexibility index (Phi) is 5.13. The Morgan fingerprint density at radius 3 is 2.38 bits per heavy atom. The molecule has 1 heterocycles. The fraction of sp³-hybridized carbons (Fsp3) is 0.188. The van der Waals surface area contributed by atoms with E-state index in [1.165, 1.54) is 12.3 Å². The lowest BCUT2D eigenvalue weighted by atomic mass is 10.2. The molecule has 1 unspecified atom stereocenters. The minimum atomic E-state index is -0.994. The van der Waals surface area contributed by atoms with Crippen molar-refractivity contribution in [2.45, 2.75) is 6.10 Å². The first-order valence-electron chi connectivity index (χ1n) is 6.42. The van der Waals surface area contributed by atoms with Gasteiger partial charge in [-0.05, 0) is 30.3 Å². The maximum absolute atomic E-state index is 12.1. The molecule has 0 amide bonds. The van der Waals surface area contributed by atoms with Crippen molar-refractivity contribution in [2.75, 3.05) is 18.5 Å². The number of hydrogen-bond donors (Lipinski definition) is 3. The maximum atomic E-state index is 12.1. The normalized spacial score (nSPS) is 11.3. The van der Waals surface area contributed by atoms with Crippen molar-refractivity contribution in [1.82, 2.24) is 4.98 Å². The minimum absolute atomic E-state index is 0.0357. The topological polar surface area (TPSA) is 65.4 Å². The molecule has 0 aliphatic carbocycles. The molecule has 21 heavy (non-hydrogen) atoms. The number of nitrogens with one attached hydrogen (secondary N) is 1. The molecule has 2 aromatic rings. The molecule has 2 rings (SSSR count). The van der Waals surface area contributed by atoms with E-state index in [0.29, 0.717) is 5.56 Å². The summed E-state index contributed by atoms with van der Waals surface area (Å²) in [7, 11) is 0. The third-order valence-electron chi connectivity index (χ3n) is 2.70. The summed E-state index contributed by atoms with van der Waals surface area (Å²) in [5.74, 6) is 5.87. The Bertz CT molecular complexity index is 630. The molecule has 0 aliphatic heterocycles. The first-order valence-corrected chi connectivity index (χ1v) is 6.42. The predicted octanol–water partition coefficient (Wildman–Crippen LogP) is 1.93. The number of aromatic hydroxyl groups is 1. The molecule has 0 aliphatic rings. The van der Waals surface area contributed by atoms with Crippen molar-refractivity contribution in [3.8, 4) is 17.7 Å². The summed E-state index contributed by atoms with van der Waals surface area (Å²) in [5.41, 5.74) is 2.32. The van der Waals surface area contributed by atoms with Gasteiger partial charge in [0.05, 0.1) is 6.10 Å². The summed E-state index contributed by atoms with van der Waals surface area (Å²) in [4.78, 5) is 3.74. The summed E-state index contributed by atoms with van der Waals surface area (Å²) >= 11 is 0. The fourth-order valence-electron chi connectivity index (χ4n) is 1.57. The molecule has 0 fully saturated rings. The van der Waals surface area contributed by atoms with Crippen LogP contribution in [0.1, 0.15) is 11.1 Å². The summed E-state index contributed by atoms with van der Waals surface area (Å²) in [5, 5.41) is 21.1. The van der Waals surface area contributed by atoms with E-state index in [4.69, 9.17) is 10.2 Å². The molecule has 1 aromatic carbocycles. The zero-order chi connectivity index (χ0) is 15.1. The molecule has 0 bridgehead atoms. The van der Waals surface area contributed by atoms with Gasteiger partial charge in [-0.25, -0.2) is 9.37 Å². The van der Waals surface area contributed by atoms with Crippen LogP contribution in [0.4, 0.5) is 10.1 Å². The highest BCUT2D eigenvalue weighted by molar-refractivity contribution is 5.50. The Balaban J connectivity index is 1.98. The smallest absolute Gasteiger partial charge is 0.210 e. The molecule has 0 saturated carbocycles. The Morgan fingerprint density at radius 2 is 1.76 bits per heavy atom. The fourth-order valence-corrected chi connectivity index (χ4v) is 1.57. The molecular weight excluding hydrogens is 271 g/mol. The minimum Gasteiger partial charge on any atom is -0.493 e. The van der Waals surface area contributed by atoms with Crippen LogP contribution >= 0.6 is 0 Å². The number of aliphatic hydroxyl groups is 1. The molecule has 0 radical (unpaired) electrons. The van der Waals surface area contributed by atoms with E-state index in [2.05, 4.69) is 22.1 Å². The largest absolute Gasteiger partial charge is 0.493 e. The predicted molar refractivity (Wildman–Crippen MR) is 78.8 cm³/mol. The van der Waals surface area contributed by atoms with Crippen LogP contribution in [0.5, 0.6) is 5.88 Å². The Hall–Kier alpha value is -2.58. The van der Waals surface area contributed by atoms with Crippen LogP contribution in [0.25, 0.3) is 0 Å². The van der Waals surface area contributed by atoms with Gasteiger partial charge in [-0.1, -0.05) is 11.8 Å². The van der Waals surface area contributed by atoms with Gasteiger partial charge in [-0.15, -0.1) is 0 Å². The van der Waals surface area contributed by atoms with Gasteiger partial charge in [-0.2, -0.15) is 0 Å². The summed E-state index contributed by atoms with van der Waals surface area (Å²) < 4.78 is 12.1. The average Bonchev–Trinajstić information content (AvgIpc) is 2.53. The van der Waals surface area contributed by atoms with Crippen molar-refractivity contribution >= 4 is 5.69 Å². The number of aromatic nitrogens is 1. The van der Waals surface area contributed by atoms with E-state index < -0.39 is 12.8 Å². The number of pyridine rings is 1. The molecule has 1 atom stereocenters. The zero-order valence-corrected chi connectivity index (χ0v) is 11.3. The lowest BCUT2D eigenvalue weighted by Gasteiger charge is -2.09. The van der Waals surface area contributed by atoms with E-state index in [1.54, 1.807) is 6.07 Å². The van der Waals surface area contributed by atoms with Gasteiger partial charge in [-0.3, -0.25) is 0 Å². The second-order valence-electron chi connectivity index (χ2n) is 4.42. The van der Waals surface area contributed by atoms with Crippen LogP contribution in [0.15, 0.2) is 42.6 Å². The van der Waals surface area contributed by atoms with Gasteiger partial charge < -0.3 is 15.5 Å². The molecule has 0 saturated heterocycles. The van der Waals surface area contributed by atoms with Gasteiger partial charge in [0.2, 0.25) is 5.88 Å². The summed E-state index contributed by atoms with van der Waals surface area (Å²) in [6, 6.07) is 10.4. The van der Waals surface area contributed by atoms with Crippen molar-refractivity contribution in [3.63, 3.8) is 0 Å². The Morgan fingerprint density at radius 1 is 1.10 bits per heavy atom. The highest BCUT2D eigenvalue weighted by atomic mass is 19.1. The summed E-state index contributed by atoms with van der Waals surface area (Å²) in [6.07, 6.45) is 0.503. The van der Waals surface area contributed by atoms with E-state index in [9.17, 15) is 4.39 Å². The van der Waals surface area contributed by atoms with Gasteiger partial charge >= 0.3 is 0 Å². The first-order chi connectivity index (χ1) is 10.2. The SMILES string of the molecule is Oc1ccc(C#Cc2ccc(NCC(O)CF)cc2)cn1. The lowest BCUT2D eigenvalue weighted by Crippen LogP contribution is -2.21. The molecule has 1 aromatic heterocycles. The van der Waals surface area contributed by atoms with E-state index >= 15 is 0 Å². The second kappa shape index (κ2) is 7.27. The lowest BCUT2D eigenvalue weighted by molar-refractivity contribution is 0.151. The summed E-state index contributed by atoms with van der Waals surface area (Å²) in [6.45, 7) is -0.599. The van der Waals surface area contributed by atoms with Crippen molar-refractivity contribution in [2.24, 2.45) is 0 Å². The molecular formula is C16H15FN2O2. The van der Waals surface area contributed by atoms with E-state index in [-0.39, 0.29) is 12.4 Å². The monoisotopic (exact) mass is 286 g/mol. The number of aliphatic hydroxyl groups excluding tert-OH is 1. The molecule has 4 nitrogen and oxygen atoms in total. The second-order valence-corrected chi connectivity index (χ2v) is 4.42. The van der Waals surface area contributed by atoms with Crippen LogP contribution in [-0.2, 0) is 0 Å². The maximum Gasteiger partial charge on any atom is 0.210 e. The highest BCUT2D eigenvalue weighted by Gasteiger charge is 2.01. The number of anilines is 1. The number of nitrogens with zero attached hydrogens (tertiary/aromatic N) is 1. The van der Waals surface area contributed by atoms with Crippen LogP contribution in [0.2, 0.25) is 0 Å². The molecule has 5 heteroatoms. The van der Waals surface area contributed by atoms with Gasteiger partial charge in [0.1, 0.15) is 6.67 Å². The standard InChI is InChI=1S/C16H15FN2O2/c17-9-15(20)11-18-14-6-3-12(4-7-14)1-2-13-5-8-16(21)19-10-13/h3-8,10,15,18,20H,9,11H2,(H,19,21). The average molecular weight is 286 g/mol. The molecule has 0 spiro atoms. The molecule has 3 N–H and O–H groups in total. The van der Waals surface area contributed by atoms with Gasteiger partial charge in [0.15, 0.2) is 0 Å². The first kappa shape index (κ1) is 14.8. The number of hydrogen-bond acceptors (Lipinski definition) is 4. The number of alkyl halides is 1. The van der Waals surface area contributed by atoms with Crippen molar-refractivity contribution < 1.29 is 14.6 Å². The highest BCUT2D eigenvalue weighted by Crippen LogP contribution is 2.09. The van der Waals surface area contributed by atoms with Crippen molar-refractivity contribution in [1.29, 1.82) is 0 Å². The van der Waals surface area contributed by atoms with Crippen LogP contribution < -0.4 is 5.32 Å². The van der Waals surface area contributed by atoms with Gasteiger partial charge in [0, 0.05) is 35.6 Å². The van der Waals surface area contributed by atoms with E-state index in [0.717, 1.165) is 11.3 Å². The van der Waals surface area contributed by atoms with Crippen LogP contribution in [0, 0.1) is 11.8 Å². The van der Waals surface area contributed by atoms with Crippen molar-refractivity contribution in [3.05, 3.63) is 53.7 Å². The van der Waals surface area contributed by atoms with Crippen LogP contribution in [0.3, 0.4) is 0 Å². The quantitative estimate of drug-likeness (QED) is 0.751. The van der Waals surface area contributed by atoms with E-state index in [1.807, 2.05) is 24.3 Å². The Labute approximate surface area is 122 Å². The number of benzene rings is 1. The third kappa shape index (κ3) is 4.79. The third-order valence-corrected chi connectivity index (χ3v) is 2.70.